The van der Waals surface area contributed by atoms with Crippen molar-refractivity contribution in [2.24, 2.45) is 0 Å². The second-order valence-electron chi connectivity index (χ2n) is 5.38. The zero-order chi connectivity index (χ0) is 14.3. The summed E-state index contributed by atoms with van der Waals surface area (Å²) in [6, 6.07) is 3.96. The number of benzene rings is 1. The van der Waals surface area contributed by atoms with Gasteiger partial charge in [-0.15, -0.1) is 0 Å². The van der Waals surface area contributed by atoms with Crippen LogP contribution in [0.5, 0.6) is 0 Å². The summed E-state index contributed by atoms with van der Waals surface area (Å²) in [5, 5.41) is 10.6. The van der Waals surface area contributed by atoms with E-state index in [0.29, 0.717) is 11.5 Å². The maximum atomic E-state index is 11.6. The molecule has 1 aromatic carbocycles. The van der Waals surface area contributed by atoms with Gasteiger partial charge in [-0.25, -0.2) is 4.79 Å². The fourth-order valence-corrected chi connectivity index (χ4v) is 2.69. The molecule has 0 bridgehead atoms. The van der Waals surface area contributed by atoms with Crippen LogP contribution in [0.15, 0.2) is 12.1 Å². The van der Waals surface area contributed by atoms with Gasteiger partial charge in [0.1, 0.15) is 0 Å². The molecule has 0 aliphatic rings. The first-order chi connectivity index (χ1) is 8.88. The van der Waals surface area contributed by atoms with E-state index in [1.54, 1.807) is 0 Å². The molecule has 1 N–H and O–H groups in total. The second-order valence-corrected chi connectivity index (χ2v) is 5.38. The number of hydrogen-bond acceptors (Lipinski definition) is 1. The molecule has 2 rings (SSSR count). The summed E-state index contributed by atoms with van der Waals surface area (Å²) in [4.78, 5) is 11.6. The molecule has 19 heavy (non-hydrogen) atoms. The Morgan fingerprint density at radius 2 is 1.95 bits per heavy atom. The van der Waals surface area contributed by atoms with Crippen LogP contribution >= 0.6 is 0 Å². The summed E-state index contributed by atoms with van der Waals surface area (Å²) >= 11 is 0. The molecule has 3 heteroatoms. The Bertz CT molecular complexity index is 651. The summed E-state index contributed by atoms with van der Waals surface area (Å²) in [6.45, 7) is 11.1. The molecular weight excluding hydrogens is 238 g/mol. The van der Waals surface area contributed by atoms with Gasteiger partial charge in [-0.1, -0.05) is 13.8 Å². The fourth-order valence-electron chi connectivity index (χ4n) is 2.69. The minimum Gasteiger partial charge on any atom is -0.478 e. The van der Waals surface area contributed by atoms with Crippen LogP contribution in [-0.4, -0.2) is 15.6 Å². The molecule has 2 aromatic rings. The lowest BCUT2D eigenvalue weighted by Crippen LogP contribution is -2.05. The van der Waals surface area contributed by atoms with Crippen LogP contribution in [0.3, 0.4) is 0 Å². The van der Waals surface area contributed by atoms with E-state index in [0.717, 1.165) is 28.7 Å². The molecular formula is C16H21NO2. The predicted octanol–water partition coefficient (Wildman–Crippen LogP) is 4.10. The summed E-state index contributed by atoms with van der Waals surface area (Å²) < 4.78 is 2.10. The van der Waals surface area contributed by atoms with Gasteiger partial charge in [0.15, 0.2) is 0 Å². The van der Waals surface area contributed by atoms with E-state index < -0.39 is 5.97 Å². The summed E-state index contributed by atoms with van der Waals surface area (Å²) in [5.74, 6) is -0.521. The van der Waals surface area contributed by atoms with Crippen LogP contribution in [0.2, 0.25) is 0 Å². The average Bonchev–Trinajstić information content (AvgIpc) is 2.60. The first-order valence-corrected chi connectivity index (χ1v) is 6.75. The molecule has 0 aliphatic carbocycles. The van der Waals surface area contributed by atoms with Crippen molar-refractivity contribution in [3.05, 3.63) is 34.5 Å². The number of rotatable bonds is 3. The van der Waals surface area contributed by atoms with E-state index in [1.165, 1.54) is 5.56 Å². The van der Waals surface area contributed by atoms with Gasteiger partial charge < -0.3 is 9.67 Å². The van der Waals surface area contributed by atoms with Crippen molar-refractivity contribution in [2.75, 3.05) is 0 Å². The van der Waals surface area contributed by atoms with Gasteiger partial charge in [-0.3, -0.25) is 0 Å². The van der Waals surface area contributed by atoms with E-state index in [1.807, 2.05) is 13.0 Å². The van der Waals surface area contributed by atoms with Crippen LogP contribution in [-0.2, 0) is 6.54 Å². The third-order valence-corrected chi connectivity index (χ3v) is 3.97. The number of carboxylic acids is 1. The molecule has 0 amide bonds. The fraction of sp³-hybridized carbons (Fsp3) is 0.438. The minimum absolute atomic E-state index is 0.326. The molecule has 0 atom stereocenters. The first-order valence-electron chi connectivity index (χ1n) is 6.75. The highest BCUT2D eigenvalue weighted by Crippen LogP contribution is 2.31. The molecule has 0 radical (unpaired) electrons. The van der Waals surface area contributed by atoms with Crippen LogP contribution < -0.4 is 0 Å². The third kappa shape index (κ3) is 2.03. The summed E-state index contributed by atoms with van der Waals surface area (Å²) in [7, 11) is 0. The molecule has 0 saturated heterocycles. The molecule has 0 aliphatic heterocycles. The lowest BCUT2D eigenvalue weighted by molar-refractivity contribution is 0.0698. The van der Waals surface area contributed by atoms with Crippen molar-refractivity contribution in [3.63, 3.8) is 0 Å². The van der Waals surface area contributed by atoms with Crippen LogP contribution in [0.25, 0.3) is 10.9 Å². The minimum atomic E-state index is -0.847. The molecule has 1 aromatic heterocycles. The Kier molecular flexibility index (Phi) is 3.40. The van der Waals surface area contributed by atoms with Crippen LogP contribution in [0, 0.1) is 13.8 Å². The van der Waals surface area contributed by atoms with E-state index >= 15 is 0 Å². The smallest absolute Gasteiger partial charge is 0.337 e. The van der Waals surface area contributed by atoms with Gasteiger partial charge in [0.25, 0.3) is 0 Å². The quantitative estimate of drug-likeness (QED) is 0.901. The van der Waals surface area contributed by atoms with Crippen molar-refractivity contribution in [1.82, 2.24) is 4.57 Å². The number of hydrogen-bond donors (Lipinski definition) is 1. The Hall–Kier alpha value is -1.77. The molecule has 0 fully saturated rings. The average molecular weight is 259 g/mol. The Morgan fingerprint density at radius 3 is 2.42 bits per heavy atom. The summed E-state index contributed by atoms with van der Waals surface area (Å²) in [5.41, 5.74) is 4.69. The Balaban J connectivity index is 2.95. The topological polar surface area (TPSA) is 42.2 Å². The zero-order valence-corrected chi connectivity index (χ0v) is 12.2. The normalized spacial score (nSPS) is 11.5. The first kappa shape index (κ1) is 13.7. The maximum absolute atomic E-state index is 11.6. The number of aromatic carboxylic acids is 1. The van der Waals surface area contributed by atoms with Gasteiger partial charge in [-0.05, 0) is 49.9 Å². The van der Waals surface area contributed by atoms with Crippen molar-refractivity contribution in [1.29, 1.82) is 0 Å². The molecule has 0 saturated carbocycles. The number of carbonyl (C=O) groups is 1. The SMILES string of the molecule is CCn1c(C)c(C)c2cc(C(C)C)cc(C(=O)O)c21. The van der Waals surface area contributed by atoms with Gasteiger partial charge in [0, 0.05) is 17.6 Å². The van der Waals surface area contributed by atoms with Crippen LogP contribution in [0.1, 0.15) is 53.9 Å². The highest BCUT2D eigenvalue weighted by atomic mass is 16.4. The van der Waals surface area contributed by atoms with E-state index in [9.17, 15) is 9.90 Å². The van der Waals surface area contributed by atoms with Crippen molar-refractivity contribution < 1.29 is 9.90 Å². The lowest BCUT2D eigenvalue weighted by atomic mass is 9.97. The molecule has 102 valence electrons. The van der Waals surface area contributed by atoms with Gasteiger partial charge in [-0.2, -0.15) is 0 Å². The van der Waals surface area contributed by atoms with E-state index in [2.05, 4.69) is 38.3 Å². The monoisotopic (exact) mass is 259 g/mol. The number of fused-ring (bicyclic) bond motifs is 1. The lowest BCUT2D eigenvalue weighted by Gasteiger charge is -2.11. The standard InChI is InChI=1S/C16H21NO2/c1-6-17-11(5)10(4)13-7-12(9(2)3)8-14(15(13)17)16(18)19/h7-9H,6H2,1-5H3,(H,18,19). The number of carboxylic acid groups (broad SMARTS) is 1. The van der Waals surface area contributed by atoms with Crippen molar-refractivity contribution in [3.8, 4) is 0 Å². The zero-order valence-electron chi connectivity index (χ0n) is 12.2. The highest BCUT2D eigenvalue weighted by Gasteiger charge is 2.19. The number of aryl methyl sites for hydroxylation is 2. The predicted molar refractivity (Wildman–Crippen MR) is 78.1 cm³/mol. The summed E-state index contributed by atoms with van der Waals surface area (Å²) in [6.07, 6.45) is 0. The Morgan fingerprint density at radius 1 is 1.32 bits per heavy atom. The van der Waals surface area contributed by atoms with Gasteiger partial charge >= 0.3 is 5.97 Å². The van der Waals surface area contributed by atoms with E-state index in [4.69, 9.17) is 0 Å². The number of aromatic nitrogens is 1. The molecule has 1 heterocycles. The van der Waals surface area contributed by atoms with Gasteiger partial charge in [0.2, 0.25) is 0 Å². The molecule has 3 nitrogen and oxygen atoms in total. The molecule has 0 spiro atoms. The molecule has 0 unspecified atom stereocenters. The van der Waals surface area contributed by atoms with Crippen molar-refractivity contribution >= 4 is 16.9 Å². The van der Waals surface area contributed by atoms with Crippen molar-refractivity contribution in [2.45, 2.75) is 47.1 Å². The van der Waals surface area contributed by atoms with Crippen LogP contribution in [0.4, 0.5) is 0 Å². The largest absolute Gasteiger partial charge is 0.478 e. The maximum Gasteiger partial charge on any atom is 0.337 e. The Labute approximate surface area is 113 Å². The van der Waals surface area contributed by atoms with E-state index in [-0.39, 0.29) is 0 Å². The third-order valence-electron chi connectivity index (χ3n) is 3.97. The van der Waals surface area contributed by atoms with Gasteiger partial charge in [0.05, 0.1) is 11.1 Å². The highest BCUT2D eigenvalue weighted by molar-refractivity contribution is 6.04. The number of nitrogens with zero attached hydrogens (tertiary/aromatic N) is 1. The second kappa shape index (κ2) is 4.72.